The molecule has 0 saturated carbocycles. The standard InChI is InChI=1S/C28H28BrN3O4/c1-5-18(2)27-31-23-12-11-21(29)15-22(23)28(33)32(27)30-16-20-13-24(34-3)26(25(14-20)35-4)36-17-19-9-7-6-8-10-19/h6-16,18H,5,17H2,1-4H3/t18-/m1/s1. The van der Waals surface area contributed by atoms with Crippen LogP contribution >= 0.6 is 15.9 Å². The van der Waals surface area contributed by atoms with E-state index in [0.717, 1.165) is 16.5 Å². The molecule has 0 fully saturated rings. The van der Waals surface area contributed by atoms with Crippen molar-refractivity contribution in [2.75, 3.05) is 14.2 Å². The molecular formula is C28H28BrN3O4. The van der Waals surface area contributed by atoms with Crippen molar-refractivity contribution in [1.82, 2.24) is 9.66 Å². The topological polar surface area (TPSA) is 74.9 Å². The number of methoxy groups -OCH3 is 2. The average molecular weight is 550 g/mol. The van der Waals surface area contributed by atoms with Gasteiger partial charge in [0.25, 0.3) is 5.56 Å². The van der Waals surface area contributed by atoms with Crippen LogP contribution in [0.1, 0.15) is 43.1 Å². The molecule has 1 aromatic heterocycles. The first-order valence-corrected chi connectivity index (χ1v) is 12.4. The van der Waals surface area contributed by atoms with Gasteiger partial charge in [-0.15, -0.1) is 0 Å². The van der Waals surface area contributed by atoms with E-state index in [1.165, 1.54) is 4.68 Å². The van der Waals surface area contributed by atoms with Gasteiger partial charge in [-0.25, -0.2) is 4.98 Å². The van der Waals surface area contributed by atoms with Crippen LogP contribution < -0.4 is 19.8 Å². The van der Waals surface area contributed by atoms with Gasteiger partial charge in [-0.2, -0.15) is 9.78 Å². The Kier molecular flexibility index (Phi) is 8.05. The number of hydrogen-bond donors (Lipinski definition) is 0. The van der Waals surface area contributed by atoms with E-state index in [9.17, 15) is 4.79 Å². The van der Waals surface area contributed by atoms with Crippen LogP contribution in [-0.2, 0) is 6.61 Å². The lowest BCUT2D eigenvalue weighted by Crippen LogP contribution is -2.23. The molecule has 0 radical (unpaired) electrons. The first-order chi connectivity index (χ1) is 17.4. The second-order valence-electron chi connectivity index (χ2n) is 8.33. The Balaban J connectivity index is 1.74. The van der Waals surface area contributed by atoms with Crippen molar-refractivity contribution in [3.8, 4) is 17.2 Å². The highest BCUT2D eigenvalue weighted by Gasteiger charge is 2.17. The minimum atomic E-state index is -0.227. The molecule has 8 heteroatoms. The molecule has 36 heavy (non-hydrogen) atoms. The third-order valence-electron chi connectivity index (χ3n) is 5.92. The smallest absolute Gasteiger partial charge is 0.282 e. The summed E-state index contributed by atoms with van der Waals surface area (Å²) in [5, 5.41) is 5.04. The zero-order valence-electron chi connectivity index (χ0n) is 20.7. The molecule has 0 bridgehead atoms. The molecule has 4 rings (SSSR count). The van der Waals surface area contributed by atoms with Crippen LogP contribution in [0.25, 0.3) is 10.9 Å². The number of nitrogens with zero attached hydrogens (tertiary/aromatic N) is 3. The van der Waals surface area contributed by atoms with Crippen molar-refractivity contribution < 1.29 is 14.2 Å². The maximum Gasteiger partial charge on any atom is 0.282 e. The summed E-state index contributed by atoms with van der Waals surface area (Å²) in [5.41, 5.74) is 2.13. The molecule has 0 amide bonds. The zero-order chi connectivity index (χ0) is 25.7. The number of rotatable bonds is 9. The Hall–Kier alpha value is -3.65. The normalized spacial score (nSPS) is 12.1. The number of fused-ring (bicyclic) bond motifs is 1. The SMILES string of the molecule is CC[C@@H](C)c1nc2ccc(Br)cc2c(=O)n1N=Cc1cc(OC)c(OCc2ccccc2)c(OC)c1. The highest BCUT2D eigenvalue weighted by Crippen LogP contribution is 2.38. The minimum Gasteiger partial charge on any atom is -0.493 e. The Labute approximate surface area is 218 Å². The summed E-state index contributed by atoms with van der Waals surface area (Å²) in [5.74, 6) is 2.15. The van der Waals surface area contributed by atoms with E-state index in [4.69, 9.17) is 19.2 Å². The first kappa shape index (κ1) is 25.4. The third kappa shape index (κ3) is 5.44. The highest BCUT2D eigenvalue weighted by atomic mass is 79.9. The Morgan fingerprint density at radius 3 is 2.39 bits per heavy atom. The Morgan fingerprint density at radius 2 is 1.75 bits per heavy atom. The van der Waals surface area contributed by atoms with Gasteiger partial charge in [0.05, 0.1) is 31.3 Å². The molecule has 0 aliphatic carbocycles. The lowest BCUT2D eigenvalue weighted by Gasteiger charge is -2.16. The highest BCUT2D eigenvalue weighted by molar-refractivity contribution is 9.10. The number of ether oxygens (including phenoxy) is 3. The van der Waals surface area contributed by atoms with Gasteiger partial charge in [-0.3, -0.25) is 4.79 Å². The van der Waals surface area contributed by atoms with Crippen LogP contribution in [0, 0.1) is 0 Å². The number of benzene rings is 3. The van der Waals surface area contributed by atoms with E-state index in [-0.39, 0.29) is 11.5 Å². The van der Waals surface area contributed by atoms with Crippen LogP contribution in [0.5, 0.6) is 17.2 Å². The lowest BCUT2D eigenvalue weighted by atomic mass is 10.1. The van der Waals surface area contributed by atoms with Crippen molar-refractivity contribution >= 4 is 33.0 Å². The predicted molar refractivity (Wildman–Crippen MR) is 146 cm³/mol. The van der Waals surface area contributed by atoms with Crippen molar-refractivity contribution in [3.63, 3.8) is 0 Å². The van der Waals surface area contributed by atoms with E-state index in [1.807, 2.05) is 49.4 Å². The van der Waals surface area contributed by atoms with Crippen molar-refractivity contribution in [1.29, 1.82) is 0 Å². The fraction of sp³-hybridized carbons (Fsp3) is 0.250. The largest absolute Gasteiger partial charge is 0.493 e. The maximum atomic E-state index is 13.4. The van der Waals surface area contributed by atoms with Crippen molar-refractivity contribution in [3.05, 3.63) is 92.4 Å². The summed E-state index contributed by atoms with van der Waals surface area (Å²) >= 11 is 3.44. The molecule has 0 saturated heterocycles. The Bertz CT molecular complexity index is 1430. The summed E-state index contributed by atoms with van der Waals surface area (Å²) in [4.78, 5) is 18.1. The number of hydrogen-bond acceptors (Lipinski definition) is 6. The predicted octanol–water partition coefficient (Wildman–Crippen LogP) is 6.15. The van der Waals surface area contributed by atoms with E-state index in [1.54, 1.807) is 38.6 Å². The van der Waals surface area contributed by atoms with E-state index in [0.29, 0.717) is 46.1 Å². The fourth-order valence-corrected chi connectivity index (χ4v) is 4.11. The van der Waals surface area contributed by atoms with Crippen LogP contribution in [0.3, 0.4) is 0 Å². The maximum absolute atomic E-state index is 13.4. The molecule has 186 valence electrons. The molecule has 1 atom stereocenters. The summed E-state index contributed by atoms with van der Waals surface area (Å²) in [6, 6.07) is 18.9. The van der Waals surface area contributed by atoms with Crippen molar-refractivity contribution in [2.45, 2.75) is 32.8 Å². The third-order valence-corrected chi connectivity index (χ3v) is 6.41. The van der Waals surface area contributed by atoms with Crippen LogP contribution in [0.2, 0.25) is 0 Å². The minimum absolute atomic E-state index is 0.0423. The summed E-state index contributed by atoms with van der Waals surface area (Å²) in [6.07, 6.45) is 2.42. The molecule has 0 spiro atoms. The van der Waals surface area contributed by atoms with Gasteiger partial charge in [-0.1, -0.05) is 60.1 Å². The number of aromatic nitrogens is 2. The van der Waals surface area contributed by atoms with Crippen LogP contribution in [-0.4, -0.2) is 30.1 Å². The van der Waals surface area contributed by atoms with Gasteiger partial charge in [0.15, 0.2) is 11.5 Å². The zero-order valence-corrected chi connectivity index (χ0v) is 22.3. The van der Waals surface area contributed by atoms with E-state index < -0.39 is 0 Å². The van der Waals surface area contributed by atoms with Crippen molar-refractivity contribution in [2.24, 2.45) is 5.10 Å². The molecular weight excluding hydrogens is 522 g/mol. The molecule has 3 aromatic carbocycles. The van der Waals surface area contributed by atoms with Crippen LogP contribution in [0.4, 0.5) is 0 Å². The second kappa shape index (κ2) is 11.4. The molecule has 1 heterocycles. The molecule has 0 aliphatic rings. The fourth-order valence-electron chi connectivity index (χ4n) is 3.75. The molecule has 0 unspecified atom stereocenters. The quantitative estimate of drug-likeness (QED) is 0.234. The van der Waals surface area contributed by atoms with E-state index in [2.05, 4.69) is 28.0 Å². The molecule has 0 N–H and O–H groups in total. The summed E-state index contributed by atoms with van der Waals surface area (Å²) in [6.45, 7) is 4.46. The molecule has 0 aliphatic heterocycles. The van der Waals surface area contributed by atoms with E-state index >= 15 is 0 Å². The molecule has 4 aromatic rings. The first-order valence-electron chi connectivity index (χ1n) is 11.6. The van der Waals surface area contributed by atoms with Gasteiger partial charge in [0, 0.05) is 16.0 Å². The van der Waals surface area contributed by atoms with Gasteiger partial charge in [-0.05, 0) is 42.3 Å². The Morgan fingerprint density at radius 1 is 1.06 bits per heavy atom. The van der Waals surface area contributed by atoms with Gasteiger partial charge >= 0.3 is 0 Å². The van der Waals surface area contributed by atoms with Gasteiger partial charge in [0.2, 0.25) is 5.75 Å². The van der Waals surface area contributed by atoms with Crippen LogP contribution in [0.15, 0.2) is 75.0 Å². The summed E-state index contributed by atoms with van der Waals surface area (Å²) < 4.78 is 19.4. The average Bonchev–Trinajstić information content (AvgIpc) is 2.91. The summed E-state index contributed by atoms with van der Waals surface area (Å²) in [7, 11) is 3.14. The number of halogens is 1. The second-order valence-corrected chi connectivity index (χ2v) is 9.25. The van der Waals surface area contributed by atoms with Gasteiger partial charge < -0.3 is 14.2 Å². The van der Waals surface area contributed by atoms with Gasteiger partial charge in [0.1, 0.15) is 12.4 Å². The lowest BCUT2D eigenvalue weighted by molar-refractivity contribution is 0.266. The molecule has 7 nitrogen and oxygen atoms in total. The monoisotopic (exact) mass is 549 g/mol.